The van der Waals surface area contributed by atoms with Crippen molar-refractivity contribution in [3.63, 3.8) is 0 Å². The Labute approximate surface area is 105 Å². The molecule has 2 N–H and O–H groups in total. The van der Waals surface area contributed by atoms with E-state index in [2.05, 4.69) is 5.32 Å². The number of methoxy groups -OCH3 is 2. The van der Waals surface area contributed by atoms with Crippen LogP contribution in [0.25, 0.3) is 0 Å². The largest absolute Gasteiger partial charge is 0.497 e. The summed E-state index contributed by atoms with van der Waals surface area (Å²) in [6, 6.07) is 4.34. The Morgan fingerprint density at radius 2 is 2.17 bits per heavy atom. The highest BCUT2D eigenvalue weighted by molar-refractivity contribution is 5.69. The number of carboxylic acids is 1. The number of nitrogens with one attached hydrogen (secondary N) is 1. The number of amides is 1. The summed E-state index contributed by atoms with van der Waals surface area (Å²) in [6.45, 7) is 0. The third kappa shape index (κ3) is 3.38. The molecule has 18 heavy (non-hydrogen) atoms. The van der Waals surface area contributed by atoms with Gasteiger partial charge >= 0.3 is 5.97 Å². The van der Waals surface area contributed by atoms with Crippen molar-refractivity contribution in [1.29, 1.82) is 0 Å². The van der Waals surface area contributed by atoms with Crippen molar-refractivity contribution in [1.82, 2.24) is 5.32 Å². The van der Waals surface area contributed by atoms with E-state index in [0.717, 1.165) is 0 Å². The predicted molar refractivity (Wildman–Crippen MR) is 63.7 cm³/mol. The first kappa shape index (κ1) is 13.8. The smallest absolute Gasteiger partial charge is 0.305 e. The molecule has 0 radical (unpaired) electrons. The summed E-state index contributed by atoms with van der Waals surface area (Å²) >= 11 is 0. The topological polar surface area (TPSA) is 84.9 Å². The lowest BCUT2D eigenvalue weighted by molar-refractivity contribution is -0.137. The molecule has 6 nitrogen and oxygen atoms in total. The van der Waals surface area contributed by atoms with Gasteiger partial charge in [-0.25, -0.2) is 0 Å². The van der Waals surface area contributed by atoms with Crippen LogP contribution in [0.15, 0.2) is 18.2 Å². The maximum absolute atomic E-state index is 10.8. The molecule has 0 aliphatic rings. The van der Waals surface area contributed by atoms with E-state index in [-0.39, 0.29) is 6.42 Å². The summed E-state index contributed by atoms with van der Waals surface area (Å²) in [5.74, 6) is 0.0458. The van der Waals surface area contributed by atoms with Crippen molar-refractivity contribution in [2.75, 3.05) is 14.2 Å². The molecule has 98 valence electrons. The second-order valence-corrected chi connectivity index (χ2v) is 3.54. The van der Waals surface area contributed by atoms with Crippen LogP contribution in [0.1, 0.15) is 18.0 Å². The average Bonchev–Trinajstić information content (AvgIpc) is 2.37. The van der Waals surface area contributed by atoms with Gasteiger partial charge in [-0.3, -0.25) is 9.59 Å². The van der Waals surface area contributed by atoms with Crippen molar-refractivity contribution < 1.29 is 24.2 Å². The lowest BCUT2D eigenvalue weighted by atomic mass is 10.0. The molecule has 1 amide bonds. The third-order valence-corrected chi connectivity index (χ3v) is 2.46. The van der Waals surface area contributed by atoms with E-state index in [9.17, 15) is 9.59 Å². The molecule has 0 bridgehead atoms. The van der Waals surface area contributed by atoms with E-state index in [1.807, 2.05) is 0 Å². The van der Waals surface area contributed by atoms with Crippen LogP contribution in [-0.2, 0) is 9.59 Å². The number of hydrogen-bond acceptors (Lipinski definition) is 4. The zero-order valence-electron chi connectivity index (χ0n) is 10.2. The number of ether oxygens (including phenoxy) is 2. The van der Waals surface area contributed by atoms with Gasteiger partial charge in [0.15, 0.2) is 0 Å². The fourth-order valence-corrected chi connectivity index (χ4v) is 1.63. The highest BCUT2D eigenvalue weighted by Crippen LogP contribution is 2.30. The van der Waals surface area contributed by atoms with Gasteiger partial charge in [-0.2, -0.15) is 0 Å². The molecule has 0 aliphatic heterocycles. The summed E-state index contributed by atoms with van der Waals surface area (Å²) in [5, 5.41) is 11.3. The van der Waals surface area contributed by atoms with Gasteiger partial charge in [-0.15, -0.1) is 0 Å². The fraction of sp³-hybridized carbons (Fsp3) is 0.333. The molecule has 0 heterocycles. The number of rotatable bonds is 7. The van der Waals surface area contributed by atoms with Crippen molar-refractivity contribution in [3.8, 4) is 11.5 Å². The van der Waals surface area contributed by atoms with E-state index in [1.54, 1.807) is 18.2 Å². The molecule has 1 atom stereocenters. The molecule has 0 saturated heterocycles. The molecule has 0 fully saturated rings. The molecular weight excluding hydrogens is 238 g/mol. The van der Waals surface area contributed by atoms with Gasteiger partial charge in [0.25, 0.3) is 0 Å². The van der Waals surface area contributed by atoms with Gasteiger partial charge in [0.2, 0.25) is 6.41 Å². The maximum atomic E-state index is 10.8. The van der Waals surface area contributed by atoms with Crippen LogP contribution in [0.4, 0.5) is 0 Å². The van der Waals surface area contributed by atoms with E-state index >= 15 is 0 Å². The fourth-order valence-electron chi connectivity index (χ4n) is 1.63. The van der Waals surface area contributed by atoms with Crippen LogP contribution in [0.3, 0.4) is 0 Å². The van der Waals surface area contributed by atoms with Gasteiger partial charge in [0.1, 0.15) is 11.5 Å². The SMILES string of the molecule is COc1ccc(OC)c(C(CC(=O)O)NC=O)c1. The average molecular weight is 253 g/mol. The zero-order valence-corrected chi connectivity index (χ0v) is 10.2. The Morgan fingerprint density at radius 3 is 2.67 bits per heavy atom. The minimum Gasteiger partial charge on any atom is -0.497 e. The molecule has 0 spiro atoms. The molecule has 1 aromatic carbocycles. The molecule has 6 heteroatoms. The monoisotopic (exact) mass is 253 g/mol. The molecule has 0 aliphatic carbocycles. The zero-order chi connectivity index (χ0) is 13.5. The standard InChI is InChI=1S/C12H15NO5/c1-17-8-3-4-11(18-2)9(5-8)10(13-7-14)6-12(15)16/h3-5,7,10H,6H2,1-2H3,(H,13,14)(H,15,16). The van der Waals surface area contributed by atoms with E-state index < -0.39 is 12.0 Å². The van der Waals surface area contributed by atoms with Gasteiger partial charge in [0.05, 0.1) is 26.7 Å². The number of carbonyl (C=O) groups excluding carboxylic acids is 1. The first-order chi connectivity index (χ1) is 8.62. The molecule has 0 saturated carbocycles. The first-order valence-corrected chi connectivity index (χ1v) is 5.25. The van der Waals surface area contributed by atoms with Crippen molar-refractivity contribution in [2.45, 2.75) is 12.5 Å². The van der Waals surface area contributed by atoms with Gasteiger partial charge in [-0.05, 0) is 18.2 Å². The van der Waals surface area contributed by atoms with Crippen LogP contribution in [-0.4, -0.2) is 31.7 Å². The van der Waals surface area contributed by atoms with Crippen LogP contribution in [0, 0.1) is 0 Å². The Balaban J connectivity index is 3.14. The second-order valence-electron chi connectivity index (χ2n) is 3.54. The number of aliphatic carboxylic acids is 1. The van der Waals surface area contributed by atoms with Crippen molar-refractivity contribution >= 4 is 12.4 Å². The van der Waals surface area contributed by atoms with E-state index in [1.165, 1.54) is 14.2 Å². The lowest BCUT2D eigenvalue weighted by Crippen LogP contribution is -2.23. The molecule has 1 rings (SSSR count). The maximum Gasteiger partial charge on any atom is 0.305 e. The number of carboxylic acid groups (broad SMARTS) is 1. The summed E-state index contributed by atoms with van der Waals surface area (Å²) in [7, 11) is 2.98. The van der Waals surface area contributed by atoms with Crippen LogP contribution < -0.4 is 14.8 Å². The Morgan fingerprint density at radius 1 is 1.44 bits per heavy atom. The number of benzene rings is 1. The summed E-state index contributed by atoms with van der Waals surface area (Å²) in [4.78, 5) is 21.3. The molecule has 1 unspecified atom stereocenters. The summed E-state index contributed by atoms with van der Waals surface area (Å²) in [5.41, 5.74) is 0.561. The van der Waals surface area contributed by atoms with Crippen molar-refractivity contribution in [2.24, 2.45) is 0 Å². The summed E-state index contributed by atoms with van der Waals surface area (Å²) in [6.07, 6.45) is 0.231. The summed E-state index contributed by atoms with van der Waals surface area (Å²) < 4.78 is 10.2. The van der Waals surface area contributed by atoms with Crippen molar-refractivity contribution in [3.05, 3.63) is 23.8 Å². The molecule has 0 aromatic heterocycles. The van der Waals surface area contributed by atoms with E-state index in [4.69, 9.17) is 14.6 Å². The van der Waals surface area contributed by atoms with Crippen LogP contribution in [0.2, 0.25) is 0 Å². The highest BCUT2D eigenvalue weighted by Gasteiger charge is 2.19. The van der Waals surface area contributed by atoms with Crippen LogP contribution in [0.5, 0.6) is 11.5 Å². The number of carbonyl (C=O) groups is 2. The predicted octanol–water partition coefficient (Wildman–Crippen LogP) is 0.966. The van der Waals surface area contributed by atoms with E-state index in [0.29, 0.717) is 23.5 Å². The van der Waals surface area contributed by atoms with Gasteiger partial charge < -0.3 is 19.9 Å². The van der Waals surface area contributed by atoms with Gasteiger partial charge in [0, 0.05) is 5.56 Å². The quantitative estimate of drug-likeness (QED) is 0.707. The second kappa shape index (κ2) is 6.48. The molecular formula is C12H15NO5. The first-order valence-electron chi connectivity index (χ1n) is 5.25. The Hall–Kier alpha value is -2.24. The molecule has 1 aromatic rings. The number of hydrogen-bond donors (Lipinski definition) is 2. The minimum absolute atomic E-state index is 0.234. The Bertz CT molecular complexity index is 432. The van der Waals surface area contributed by atoms with Crippen LogP contribution >= 0.6 is 0 Å². The third-order valence-electron chi connectivity index (χ3n) is 2.46. The Kier molecular flexibility index (Phi) is 4.98. The highest BCUT2D eigenvalue weighted by atomic mass is 16.5. The minimum atomic E-state index is -1.01. The van der Waals surface area contributed by atoms with Gasteiger partial charge in [-0.1, -0.05) is 0 Å². The normalized spacial score (nSPS) is 11.4. The lowest BCUT2D eigenvalue weighted by Gasteiger charge is -2.18.